The molecule has 35 heavy (non-hydrogen) atoms. The second-order valence-electron chi connectivity index (χ2n) is 8.03. The number of hydrogen-bond acceptors (Lipinski definition) is 5. The molecule has 1 aliphatic carbocycles. The molecule has 0 saturated heterocycles. The molecule has 2 N–H and O–H groups in total. The molecule has 0 radical (unpaired) electrons. The fourth-order valence-electron chi connectivity index (χ4n) is 3.40. The molecule has 1 aliphatic rings. The summed E-state index contributed by atoms with van der Waals surface area (Å²) in [6.45, 7) is 0.0818. The zero-order valence-electron chi connectivity index (χ0n) is 18.7. The lowest BCUT2D eigenvalue weighted by Crippen LogP contribution is -2.48. The molecule has 1 heterocycles. The summed E-state index contributed by atoms with van der Waals surface area (Å²) in [6.07, 6.45) is -2.30. The molecule has 182 valence electrons. The molecular weight excluding hydrogens is 463 g/mol. The van der Waals surface area contributed by atoms with E-state index in [1.165, 1.54) is 37.6 Å². The molecule has 0 aliphatic heterocycles. The Morgan fingerprint density at radius 3 is 2.34 bits per heavy atom. The van der Waals surface area contributed by atoms with E-state index in [4.69, 9.17) is 9.47 Å². The summed E-state index contributed by atoms with van der Waals surface area (Å²) in [5, 5.41) is 5.54. The van der Waals surface area contributed by atoms with Crippen LogP contribution in [-0.4, -0.2) is 29.4 Å². The van der Waals surface area contributed by atoms with E-state index in [0.717, 1.165) is 6.07 Å². The summed E-state index contributed by atoms with van der Waals surface area (Å²) in [4.78, 5) is 29.2. The van der Waals surface area contributed by atoms with Crippen LogP contribution in [0.2, 0.25) is 0 Å². The number of alkyl halides is 3. The quantitative estimate of drug-likeness (QED) is 0.491. The Balaban J connectivity index is 1.36. The third-order valence-electron chi connectivity index (χ3n) is 5.52. The van der Waals surface area contributed by atoms with E-state index in [-0.39, 0.29) is 35.6 Å². The fraction of sp³-hybridized carbons (Fsp3) is 0.240. The Morgan fingerprint density at radius 1 is 1.03 bits per heavy atom. The largest absolute Gasteiger partial charge is 0.497 e. The number of nitrogens with one attached hydrogen (secondary N) is 2. The van der Waals surface area contributed by atoms with Crippen molar-refractivity contribution in [3.05, 3.63) is 83.7 Å². The minimum absolute atomic E-state index is 0.0577. The number of rotatable bonds is 8. The zero-order chi connectivity index (χ0) is 25.1. The number of halogens is 3. The van der Waals surface area contributed by atoms with Crippen molar-refractivity contribution in [2.24, 2.45) is 0 Å². The van der Waals surface area contributed by atoms with Crippen LogP contribution in [0.25, 0.3) is 0 Å². The van der Waals surface area contributed by atoms with Gasteiger partial charge in [-0.25, -0.2) is 0 Å². The van der Waals surface area contributed by atoms with Gasteiger partial charge in [0.2, 0.25) is 5.91 Å². The number of carbonyl (C=O) groups excluding carboxylic acids is 2. The number of aromatic nitrogens is 1. The van der Waals surface area contributed by atoms with Gasteiger partial charge in [-0.3, -0.25) is 14.6 Å². The molecule has 2 aromatic carbocycles. The van der Waals surface area contributed by atoms with Crippen molar-refractivity contribution in [2.45, 2.75) is 31.1 Å². The highest BCUT2D eigenvalue weighted by Crippen LogP contribution is 2.40. The summed E-state index contributed by atoms with van der Waals surface area (Å²) in [5.41, 5.74) is -0.977. The number of amides is 2. The second-order valence-corrected chi connectivity index (χ2v) is 8.03. The van der Waals surface area contributed by atoms with Gasteiger partial charge in [0.15, 0.2) is 0 Å². The average Bonchev–Trinajstić information content (AvgIpc) is 3.64. The topological polar surface area (TPSA) is 89.5 Å². The number of benzene rings is 2. The summed E-state index contributed by atoms with van der Waals surface area (Å²) in [6, 6.07) is 15.0. The molecule has 10 heteroatoms. The van der Waals surface area contributed by atoms with E-state index in [1.54, 1.807) is 30.3 Å². The van der Waals surface area contributed by atoms with Crippen LogP contribution < -0.4 is 20.1 Å². The van der Waals surface area contributed by atoms with E-state index in [0.29, 0.717) is 24.1 Å². The number of nitrogens with zero attached hydrogens (tertiary/aromatic N) is 1. The smallest absolute Gasteiger partial charge is 0.420 e. The maximum absolute atomic E-state index is 13.4. The maximum Gasteiger partial charge on any atom is 0.420 e. The van der Waals surface area contributed by atoms with E-state index < -0.39 is 17.3 Å². The molecule has 0 bridgehead atoms. The first-order valence-electron chi connectivity index (χ1n) is 10.7. The standard InChI is InChI=1S/C25H22F3N3O4/c1-34-18-9-10-21(20(13-18)25(26,27)28)35-19-8-7-17(29-15-19)14-30-23(33)24(11-12-24)31-22(32)16-5-3-2-4-6-16/h2-10,13,15H,11-12,14H2,1H3,(H,30,33)(H,31,32). The fourth-order valence-corrected chi connectivity index (χ4v) is 3.40. The average molecular weight is 485 g/mol. The Hall–Kier alpha value is -4.08. The van der Waals surface area contributed by atoms with Gasteiger partial charge in [0.05, 0.1) is 25.5 Å². The molecule has 2 amide bonds. The number of pyridine rings is 1. The highest BCUT2D eigenvalue weighted by molar-refractivity contribution is 6.00. The number of hydrogen-bond donors (Lipinski definition) is 2. The summed E-state index contributed by atoms with van der Waals surface area (Å²) in [7, 11) is 1.28. The van der Waals surface area contributed by atoms with Gasteiger partial charge in [0.25, 0.3) is 5.91 Å². The number of ether oxygens (including phenoxy) is 2. The first kappa shape index (κ1) is 24.1. The van der Waals surface area contributed by atoms with Crippen LogP contribution in [0, 0.1) is 0 Å². The predicted octanol–water partition coefficient (Wildman–Crippen LogP) is 4.48. The summed E-state index contributed by atoms with van der Waals surface area (Å²) in [5.74, 6) is -0.871. The van der Waals surface area contributed by atoms with Crippen LogP contribution >= 0.6 is 0 Å². The molecule has 7 nitrogen and oxygen atoms in total. The van der Waals surface area contributed by atoms with Crippen molar-refractivity contribution >= 4 is 11.8 Å². The highest BCUT2D eigenvalue weighted by Gasteiger charge is 2.51. The van der Waals surface area contributed by atoms with Gasteiger partial charge in [-0.15, -0.1) is 0 Å². The molecule has 4 rings (SSSR count). The van der Waals surface area contributed by atoms with Gasteiger partial charge < -0.3 is 20.1 Å². The zero-order valence-corrected chi connectivity index (χ0v) is 18.7. The van der Waals surface area contributed by atoms with Gasteiger partial charge in [-0.2, -0.15) is 13.2 Å². The molecule has 1 saturated carbocycles. The van der Waals surface area contributed by atoms with Crippen molar-refractivity contribution in [3.63, 3.8) is 0 Å². The van der Waals surface area contributed by atoms with Gasteiger partial charge in [0, 0.05) is 5.56 Å². The third kappa shape index (κ3) is 5.71. The van der Waals surface area contributed by atoms with Crippen LogP contribution in [-0.2, 0) is 17.5 Å². The highest BCUT2D eigenvalue weighted by atomic mass is 19.4. The molecule has 0 unspecified atom stereocenters. The molecule has 0 spiro atoms. The third-order valence-corrected chi connectivity index (χ3v) is 5.52. The first-order chi connectivity index (χ1) is 16.7. The normalized spacial score (nSPS) is 14.1. The van der Waals surface area contributed by atoms with Crippen molar-refractivity contribution < 1.29 is 32.2 Å². The van der Waals surface area contributed by atoms with Gasteiger partial charge in [0.1, 0.15) is 28.4 Å². The van der Waals surface area contributed by atoms with Crippen molar-refractivity contribution in [2.75, 3.05) is 7.11 Å². The van der Waals surface area contributed by atoms with Gasteiger partial charge in [-0.05, 0) is 55.3 Å². The molecule has 0 atom stereocenters. The minimum Gasteiger partial charge on any atom is -0.497 e. The van der Waals surface area contributed by atoms with Crippen molar-refractivity contribution in [1.82, 2.24) is 15.6 Å². The van der Waals surface area contributed by atoms with E-state index in [9.17, 15) is 22.8 Å². The van der Waals surface area contributed by atoms with Crippen molar-refractivity contribution in [1.29, 1.82) is 0 Å². The van der Waals surface area contributed by atoms with Crippen LogP contribution in [0.15, 0.2) is 66.9 Å². The summed E-state index contributed by atoms with van der Waals surface area (Å²) < 4.78 is 50.4. The van der Waals surface area contributed by atoms with E-state index in [2.05, 4.69) is 15.6 Å². The Bertz CT molecular complexity index is 1210. The lowest BCUT2D eigenvalue weighted by molar-refractivity contribution is -0.138. The van der Waals surface area contributed by atoms with Crippen LogP contribution in [0.4, 0.5) is 13.2 Å². The number of methoxy groups -OCH3 is 1. The Kier molecular flexibility index (Phi) is 6.63. The Labute approximate surface area is 199 Å². The van der Waals surface area contributed by atoms with Crippen molar-refractivity contribution in [3.8, 4) is 17.2 Å². The van der Waals surface area contributed by atoms with Crippen LogP contribution in [0.3, 0.4) is 0 Å². The van der Waals surface area contributed by atoms with Crippen LogP contribution in [0.1, 0.15) is 34.5 Å². The lowest BCUT2D eigenvalue weighted by atomic mass is 10.1. The van der Waals surface area contributed by atoms with Crippen LogP contribution in [0.5, 0.6) is 17.2 Å². The molecule has 1 fully saturated rings. The molecule has 1 aromatic heterocycles. The second kappa shape index (κ2) is 9.65. The maximum atomic E-state index is 13.4. The SMILES string of the molecule is COc1ccc(Oc2ccc(CNC(=O)C3(NC(=O)c4ccccc4)CC3)nc2)c(C(F)(F)F)c1. The van der Waals surface area contributed by atoms with Gasteiger partial charge >= 0.3 is 6.18 Å². The first-order valence-corrected chi connectivity index (χ1v) is 10.7. The minimum atomic E-state index is -4.63. The van der Waals surface area contributed by atoms with E-state index in [1.807, 2.05) is 0 Å². The lowest BCUT2D eigenvalue weighted by Gasteiger charge is -2.17. The van der Waals surface area contributed by atoms with E-state index >= 15 is 0 Å². The molecular formula is C25H22F3N3O4. The summed E-state index contributed by atoms with van der Waals surface area (Å²) >= 11 is 0. The predicted molar refractivity (Wildman–Crippen MR) is 120 cm³/mol. The Morgan fingerprint density at radius 2 is 1.74 bits per heavy atom. The monoisotopic (exact) mass is 485 g/mol. The van der Waals surface area contributed by atoms with Gasteiger partial charge in [-0.1, -0.05) is 18.2 Å². The molecule has 3 aromatic rings. The number of carbonyl (C=O) groups is 2.